The van der Waals surface area contributed by atoms with Crippen LogP contribution in [-0.4, -0.2) is 31.8 Å². The molecule has 2 heterocycles. The highest BCUT2D eigenvalue weighted by Crippen LogP contribution is 2.18. The molecule has 170 valence electrons. The summed E-state index contributed by atoms with van der Waals surface area (Å²) in [6.07, 6.45) is 3.42. The van der Waals surface area contributed by atoms with E-state index in [9.17, 15) is 9.59 Å². The van der Waals surface area contributed by atoms with Crippen LogP contribution in [0.5, 0.6) is 0 Å². The van der Waals surface area contributed by atoms with Gasteiger partial charge in [0, 0.05) is 6.54 Å². The molecule has 34 heavy (non-hydrogen) atoms. The van der Waals surface area contributed by atoms with Crippen LogP contribution in [0.3, 0.4) is 0 Å². The van der Waals surface area contributed by atoms with E-state index < -0.39 is 0 Å². The number of nitrogens with one attached hydrogen (secondary N) is 1. The van der Waals surface area contributed by atoms with Crippen molar-refractivity contribution < 1.29 is 4.79 Å². The average molecular weight is 452 g/mol. The molecular weight excluding hydrogens is 426 g/mol. The molecule has 0 aliphatic rings. The largest absolute Gasteiger partial charge is 0.354 e. The Morgan fingerprint density at radius 2 is 1.76 bits per heavy atom. The highest BCUT2D eigenvalue weighted by molar-refractivity contribution is 5.90. The fourth-order valence-electron chi connectivity index (χ4n) is 4.15. The highest BCUT2D eigenvalue weighted by Gasteiger charge is 2.11. The molecule has 0 atom stereocenters. The van der Waals surface area contributed by atoms with E-state index >= 15 is 0 Å². The van der Waals surface area contributed by atoms with E-state index in [-0.39, 0.29) is 11.5 Å². The number of aromatic nitrogens is 4. The molecule has 0 saturated carbocycles. The SMILES string of the molecule is Cc1ccc(Cn2cnc3c(cnn3CCNC(=O)Cc3cccc4ccccc34)c2=O)cc1. The number of rotatable bonds is 7. The summed E-state index contributed by atoms with van der Waals surface area (Å²) in [4.78, 5) is 29.9. The van der Waals surface area contributed by atoms with Crippen molar-refractivity contribution in [2.24, 2.45) is 0 Å². The first-order chi connectivity index (χ1) is 16.6. The highest BCUT2D eigenvalue weighted by atomic mass is 16.1. The Balaban J connectivity index is 1.24. The molecule has 5 rings (SSSR count). The Hall–Kier alpha value is -4.26. The summed E-state index contributed by atoms with van der Waals surface area (Å²) in [5, 5.41) is 9.96. The molecule has 0 aliphatic heterocycles. The molecular formula is C27H25N5O2. The van der Waals surface area contributed by atoms with Crippen LogP contribution in [0.25, 0.3) is 21.8 Å². The number of fused-ring (bicyclic) bond motifs is 2. The maximum Gasteiger partial charge on any atom is 0.264 e. The van der Waals surface area contributed by atoms with Crippen LogP contribution in [0.2, 0.25) is 0 Å². The molecule has 0 radical (unpaired) electrons. The summed E-state index contributed by atoms with van der Waals surface area (Å²) in [6.45, 7) is 3.31. The van der Waals surface area contributed by atoms with Crippen LogP contribution in [0.4, 0.5) is 0 Å². The second kappa shape index (κ2) is 9.31. The van der Waals surface area contributed by atoms with Crippen LogP contribution in [-0.2, 0) is 24.3 Å². The third-order valence-corrected chi connectivity index (χ3v) is 5.97. The Labute approximate surface area is 196 Å². The van der Waals surface area contributed by atoms with Crippen LogP contribution in [0.1, 0.15) is 16.7 Å². The van der Waals surface area contributed by atoms with Crippen molar-refractivity contribution >= 4 is 27.7 Å². The lowest BCUT2D eigenvalue weighted by molar-refractivity contribution is -0.120. The first kappa shape index (κ1) is 21.6. The van der Waals surface area contributed by atoms with E-state index in [0.29, 0.717) is 37.1 Å². The zero-order chi connectivity index (χ0) is 23.5. The van der Waals surface area contributed by atoms with Gasteiger partial charge in [-0.1, -0.05) is 72.3 Å². The summed E-state index contributed by atoms with van der Waals surface area (Å²) in [5.74, 6) is -0.0544. The van der Waals surface area contributed by atoms with Gasteiger partial charge in [-0.15, -0.1) is 0 Å². The molecule has 5 aromatic rings. The zero-order valence-corrected chi connectivity index (χ0v) is 18.9. The molecule has 2 aromatic heterocycles. The fraction of sp³-hybridized carbons (Fsp3) is 0.185. The third-order valence-electron chi connectivity index (χ3n) is 5.97. The van der Waals surface area contributed by atoms with Gasteiger partial charge in [-0.3, -0.25) is 14.2 Å². The van der Waals surface area contributed by atoms with Gasteiger partial charge in [0.1, 0.15) is 11.7 Å². The topological polar surface area (TPSA) is 81.8 Å². The third kappa shape index (κ3) is 4.45. The van der Waals surface area contributed by atoms with Gasteiger partial charge in [0.25, 0.3) is 5.56 Å². The van der Waals surface area contributed by atoms with Gasteiger partial charge in [0.2, 0.25) is 5.91 Å². The maximum absolute atomic E-state index is 12.9. The van der Waals surface area contributed by atoms with E-state index in [2.05, 4.69) is 15.4 Å². The van der Waals surface area contributed by atoms with Crippen molar-refractivity contribution in [1.82, 2.24) is 24.6 Å². The Bertz CT molecular complexity index is 1530. The van der Waals surface area contributed by atoms with Gasteiger partial charge in [-0.25, -0.2) is 9.67 Å². The first-order valence-corrected chi connectivity index (χ1v) is 11.3. The van der Waals surface area contributed by atoms with E-state index in [4.69, 9.17) is 0 Å². The minimum absolute atomic E-state index is 0.0544. The van der Waals surface area contributed by atoms with Gasteiger partial charge >= 0.3 is 0 Å². The summed E-state index contributed by atoms with van der Waals surface area (Å²) >= 11 is 0. The standard InChI is InChI=1S/C27H25N5O2/c1-19-9-11-20(12-10-19)17-31-18-29-26-24(27(31)34)16-30-32(26)14-13-28-25(33)15-22-7-4-6-21-5-2-3-8-23(21)22/h2-12,16,18H,13-15,17H2,1H3,(H,28,33). The predicted octanol–water partition coefficient (Wildman–Crippen LogP) is 3.46. The van der Waals surface area contributed by atoms with Crippen LogP contribution < -0.4 is 10.9 Å². The molecule has 3 aromatic carbocycles. The van der Waals surface area contributed by atoms with Crippen LogP contribution in [0.15, 0.2) is 84.0 Å². The molecule has 0 spiro atoms. The number of benzene rings is 3. The molecule has 0 fully saturated rings. The lowest BCUT2D eigenvalue weighted by Crippen LogP contribution is -2.29. The van der Waals surface area contributed by atoms with E-state index in [1.54, 1.807) is 21.8 Å². The second-order valence-corrected chi connectivity index (χ2v) is 8.43. The van der Waals surface area contributed by atoms with Gasteiger partial charge < -0.3 is 5.32 Å². The van der Waals surface area contributed by atoms with Crippen molar-refractivity contribution in [3.05, 3.63) is 106 Å². The quantitative estimate of drug-likeness (QED) is 0.411. The van der Waals surface area contributed by atoms with Crippen molar-refractivity contribution in [1.29, 1.82) is 0 Å². The second-order valence-electron chi connectivity index (χ2n) is 8.43. The van der Waals surface area contributed by atoms with Gasteiger partial charge in [-0.2, -0.15) is 5.10 Å². The Morgan fingerprint density at radius 1 is 0.971 bits per heavy atom. The molecule has 1 amide bonds. The molecule has 0 saturated heterocycles. The summed E-state index contributed by atoms with van der Waals surface area (Å²) in [6, 6.07) is 22.1. The smallest absolute Gasteiger partial charge is 0.264 e. The summed E-state index contributed by atoms with van der Waals surface area (Å²) in [5.41, 5.74) is 3.60. The molecule has 7 heteroatoms. The van der Waals surface area contributed by atoms with Gasteiger partial charge in [0.15, 0.2) is 5.65 Å². The Morgan fingerprint density at radius 3 is 2.62 bits per heavy atom. The fourth-order valence-corrected chi connectivity index (χ4v) is 4.15. The Kier molecular flexibility index (Phi) is 5.91. The number of amides is 1. The molecule has 0 aliphatic carbocycles. The molecule has 1 N–H and O–H groups in total. The molecule has 0 unspecified atom stereocenters. The summed E-state index contributed by atoms with van der Waals surface area (Å²) in [7, 11) is 0. The van der Waals surface area contributed by atoms with Crippen LogP contribution in [0, 0.1) is 6.92 Å². The molecule has 7 nitrogen and oxygen atoms in total. The molecule has 0 bridgehead atoms. The first-order valence-electron chi connectivity index (χ1n) is 11.3. The number of hydrogen-bond donors (Lipinski definition) is 1. The van der Waals surface area contributed by atoms with E-state index in [0.717, 1.165) is 21.9 Å². The average Bonchev–Trinajstić information content (AvgIpc) is 3.26. The minimum atomic E-state index is -0.128. The number of nitrogens with zero attached hydrogens (tertiary/aromatic N) is 4. The number of carbonyl (C=O) groups is 1. The lowest BCUT2D eigenvalue weighted by Gasteiger charge is -2.09. The van der Waals surface area contributed by atoms with Crippen molar-refractivity contribution in [3.8, 4) is 0 Å². The van der Waals surface area contributed by atoms with Crippen LogP contribution >= 0.6 is 0 Å². The van der Waals surface area contributed by atoms with E-state index in [1.165, 1.54) is 5.56 Å². The number of carbonyl (C=O) groups excluding carboxylic acids is 1. The zero-order valence-electron chi connectivity index (χ0n) is 18.9. The van der Waals surface area contributed by atoms with Gasteiger partial charge in [-0.05, 0) is 28.8 Å². The normalized spacial score (nSPS) is 11.2. The van der Waals surface area contributed by atoms with Crippen molar-refractivity contribution in [3.63, 3.8) is 0 Å². The monoisotopic (exact) mass is 451 g/mol. The van der Waals surface area contributed by atoms with Crippen molar-refractivity contribution in [2.45, 2.75) is 26.4 Å². The minimum Gasteiger partial charge on any atom is -0.354 e. The summed E-state index contributed by atoms with van der Waals surface area (Å²) < 4.78 is 3.25. The maximum atomic E-state index is 12.9. The van der Waals surface area contributed by atoms with Gasteiger partial charge in [0.05, 0.1) is 25.7 Å². The number of aryl methyl sites for hydroxylation is 1. The lowest BCUT2D eigenvalue weighted by atomic mass is 10.0. The number of hydrogen-bond acceptors (Lipinski definition) is 4. The predicted molar refractivity (Wildman–Crippen MR) is 133 cm³/mol. The van der Waals surface area contributed by atoms with E-state index in [1.807, 2.05) is 73.7 Å². The van der Waals surface area contributed by atoms with Crippen molar-refractivity contribution in [2.75, 3.05) is 6.54 Å².